The quantitative estimate of drug-likeness (QED) is 0.647. The molecule has 2 heteroatoms. The van der Waals surface area contributed by atoms with Gasteiger partial charge >= 0.3 is 0 Å². The molecule has 0 radical (unpaired) electrons. The molecule has 0 saturated carbocycles. The van der Waals surface area contributed by atoms with Crippen LogP contribution >= 0.6 is 0 Å². The van der Waals surface area contributed by atoms with Gasteiger partial charge in [0, 0.05) is 18.1 Å². The van der Waals surface area contributed by atoms with E-state index in [0.29, 0.717) is 5.92 Å². The van der Waals surface area contributed by atoms with Crippen molar-refractivity contribution in [3.8, 4) is 5.75 Å². The molecule has 2 unspecified atom stereocenters. The molecule has 1 aromatic carbocycles. The van der Waals surface area contributed by atoms with E-state index in [1.54, 1.807) is 0 Å². The lowest BCUT2D eigenvalue weighted by Gasteiger charge is -2.40. The molecule has 2 atom stereocenters. The number of hydrogen-bond acceptors (Lipinski definition) is 2. The zero-order valence-electron chi connectivity index (χ0n) is 9.03. The third-order valence-electron chi connectivity index (χ3n) is 3.68. The van der Waals surface area contributed by atoms with E-state index in [9.17, 15) is 0 Å². The summed E-state index contributed by atoms with van der Waals surface area (Å²) in [4.78, 5) is 0. The van der Waals surface area contributed by atoms with Gasteiger partial charge in [0.1, 0.15) is 11.4 Å². The highest BCUT2D eigenvalue weighted by atomic mass is 16.5. The maximum Gasteiger partial charge on any atom is 0.125 e. The van der Waals surface area contributed by atoms with E-state index in [-0.39, 0.29) is 5.60 Å². The van der Waals surface area contributed by atoms with Crippen LogP contribution in [-0.4, -0.2) is 13.2 Å². The van der Waals surface area contributed by atoms with Crippen molar-refractivity contribution >= 4 is 0 Å². The minimum absolute atomic E-state index is 0.0607. The lowest BCUT2D eigenvalue weighted by atomic mass is 9.78. The van der Waals surface area contributed by atoms with Crippen LogP contribution in [0, 0.1) is 5.92 Å². The Morgan fingerprint density at radius 2 is 2.20 bits per heavy atom. The summed E-state index contributed by atoms with van der Waals surface area (Å²) in [6, 6.07) is 8.29. The fourth-order valence-corrected chi connectivity index (χ4v) is 2.82. The highest BCUT2D eigenvalue weighted by molar-refractivity contribution is 5.40. The summed E-state index contributed by atoms with van der Waals surface area (Å²) in [6.07, 6.45) is 2.30. The molecule has 0 N–H and O–H groups in total. The van der Waals surface area contributed by atoms with Crippen LogP contribution in [0.5, 0.6) is 5.75 Å². The lowest BCUT2D eigenvalue weighted by Crippen LogP contribution is -2.40. The topological polar surface area (TPSA) is 18.5 Å². The van der Waals surface area contributed by atoms with Crippen molar-refractivity contribution in [2.45, 2.75) is 25.4 Å². The standard InChI is InChI=1S/C13H16O2/c1-10-9-14-12-6-3-2-5-11(12)13(10)7-4-8-15-13/h2-3,5-6,10H,4,7-9H2,1H3. The molecule has 0 amide bonds. The minimum atomic E-state index is -0.0607. The average molecular weight is 204 g/mol. The first-order valence-corrected chi connectivity index (χ1v) is 5.69. The third kappa shape index (κ3) is 1.21. The molecule has 0 bridgehead atoms. The Labute approximate surface area is 90.2 Å². The molecular formula is C13H16O2. The first-order valence-electron chi connectivity index (χ1n) is 5.69. The van der Waals surface area contributed by atoms with Crippen LogP contribution in [0.2, 0.25) is 0 Å². The monoisotopic (exact) mass is 204 g/mol. The number of fused-ring (bicyclic) bond motifs is 2. The first-order chi connectivity index (χ1) is 7.33. The van der Waals surface area contributed by atoms with Crippen LogP contribution < -0.4 is 4.74 Å². The van der Waals surface area contributed by atoms with Gasteiger partial charge < -0.3 is 9.47 Å². The van der Waals surface area contributed by atoms with Gasteiger partial charge in [0.05, 0.1) is 6.61 Å². The molecule has 2 nitrogen and oxygen atoms in total. The van der Waals surface area contributed by atoms with Crippen molar-refractivity contribution in [2.75, 3.05) is 13.2 Å². The van der Waals surface area contributed by atoms with Crippen LogP contribution in [0.15, 0.2) is 24.3 Å². The molecule has 80 valence electrons. The summed E-state index contributed by atoms with van der Waals surface area (Å²) in [6.45, 7) is 3.89. The van der Waals surface area contributed by atoms with Gasteiger partial charge in [0.25, 0.3) is 0 Å². The van der Waals surface area contributed by atoms with Crippen LogP contribution in [0.3, 0.4) is 0 Å². The predicted octanol–water partition coefficient (Wildman–Crippen LogP) is 2.72. The second kappa shape index (κ2) is 3.24. The molecule has 1 spiro atoms. The van der Waals surface area contributed by atoms with Crippen molar-refractivity contribution in [1.82, 2.24) is 0 Å². The summed E-state index contributed by atoms with van der Waals surface area (Å²) >= 11 is 0. The predicted molar refractivity (Wildman–Crippen MR) is 58.0 cm³/mol. The van der Waals surface area contributed by atoms with E-state index in [1.165, 1.54) is 12.0 Å². The molecule has 3 rings (SSSR count). The van der Waals surface area contributed by atoms with Crippen molar-refractivity contribution in [1.29, 1.82) is 0 Å². The van der Waals surface area contributed by atoms with E-state index < -0.39 is 0 Å². The summed E-state index contributed by atoms with van der Waals surface area (Å²) < 4.78 is 11.8. The molecule has 1 saturated heterocycles. The van der Waals surface area contributed by atoms with Gasteiger partial charge in [-0.25, -0.2) is 0 Å². The zero-order chi connectivity index (χ0) is 10.3. The van der Waals surface area contributed by atoms with Gasteiger partial charge in [0.2, 0.25) is 0 Å². The smallest absolute Gasteiger partial charge is 0.125 e. The Morgan fingerprint density at radius 3 is 3.00 bits per heavy atom. The van der Waals surface area contributed by atoms with Crippen molar-refractivity contribution in [3.63, 3.8) is 0 Å². The van der Waals surface area contributed by atoms with E-state index in [4.69, 9.17) is 9.47 Å². The largest absolute Gasteiger partial charge is 0.493 e. The van der Waals surface area contributed by atoms with Crippen molar-refractivity contribution in [3.05, 3.63) is 29.8 Å². The van der Waals surface area contributed by atoms with Gasteiger partial charge in [-0.3, -0.25) is 0 Å². The van der Waals surface area contributed by atoms with Crippen LogP contribution in [0.25, 0.3) is 0 Å². The number of para-hydroxylation sites is 1. The summed E-state index contributed by atoms with van der Waals surface area (Å²) in [5, 5.41) is 0. The number of hydrogen-bond donors (Lipinski definition) is 0. The highest BCUT2D eigenvalue weighted by Gasteiger charge is 2.46. The molecule has 0 aliphatic carbocycles. The lowest BCUT2D eigenvalue weighted by molar-refractivity contribution is -0.0712. The molecule has 2 aliphatic heterocycles. The first kappa shape index (κ1) is 9.22. The van der Waals surface area contributed by atoms with Crippen LogP contribution in [-0.2, 0) is 10.3 Å². The average Bonchev–Trinajstić information content (AvgIpc) is 2.75. The summed E-state index contributed by atoms with van der Waals surface area (Å²) in [7, 11) is 0. The Bertz CT molecular complexity index is 367. The Balaban J connectivity index is 2.13. The molecule has 15 heavy (non-hydrogen) atoms. The molecule has 2 aliphatic rings. The van der Waals surface area contributed by atoms with Gasteiger partial charge in [-0.2, -0.15) is 0 Å². The fraction of sp³-hybridized carbons (Fsp3) is 0.538. The molecule has 0 aromatic heterocycles. The molecule has 1 fully saturated rings. The van der Waals surface area contributed by atoms with Gasteiger partial charge in [0.15, 0.2) is 0 Å². The van der Waals surface area contributed by atoms with Gasteiger partial charge in [-0.15, -0.1) is 0 Å². The van der Waals surface area contributed by atoms with Crippen LogP contribution in [0.1, 0.15) is 25.3 Å². The molecule has 2 heterocycles. The van der Waals surface area contributed by atoms with E-state index in [0.717, 1.165) is 25.4 Å². The van der Waals surface area contributed by atoms with Gasteiger partial charge in [-0.05, 0) is 18.9 Å². The molecular weight excluding hydrogens is 188 g/mol. The highest BCUT2D eigenvalue weighted by Crippen LogP contribution is 2.48. The number of benzene rings is 1. The summed E-state index contributed by atoms with van der Waals surface area (Å²) in [5.41, 5.74) is 1.19. The second-order valence-electron chi connectivity index (χ2n) is 4.55. The number of rotatable bonds is 0. The van der Waals surface area contributed by atoms with E-state index in [2.05, 4.69) is 19.1 Å². The molecule has 1 aromatic rings. The van der Waals surface area contributed by atoms with Gasteiger partial charge in [-0.1, -0.05) is 25.1 Å². The van der Waals surface area contributed by atoms with Crippen molar-refractivity contribution in [2.24, 2.45) is 5.92 Å². The fourth-order valence-electron chi connectivity index (χ4n) is 2.82. The Morgan fingerprint density at radius 1 is 1.33 bits per heavy atom. The maximum atomic E-state index is 6.04. The minimum Gasteiger partial charge on any atom is -0.493 e. The Hall–Kier alpha value is -1.02. The zero-order valence-corrected chi connectivity index (χ0v) is 9.03. The summed E-state index contributed by atoms with van der Waals surface area (Å²) in [5.74, 6) is 1.47. The van der Waals surface area contributed by atoms with E-state index in [1.807, 2.05) is 12.1 Å². The van der Waals surface area contributed by atoms with Crippen molar-refractivity contribution < 1.29 is 9.47 Å². The Kier molecular flexibility index (Phi) is 1.99. The van der Waals surface area contributed by atoms with E-state index >= 15 is 0 Å². The number of ether oxygens (including phenoxy) is 2. The normalized spacial score (nSPS) is 33.8. The maximum absolute atomic E-state index is 6.04. The SMILES string of the molecule is CC1COc2ccccc2C12CCCO2. The second-order valence-corrected chi connectivity index (χ2v) is 4.55. The third-order valence-corrected chi connectivity index (χ3v) is 3.68. The van der Waals surface area contributed by atoms with Crippen LogP contribution in [0.4, 0.5) is 0 Å².